The van der Waals surface area contributed by atoms with Crippen LogP contribution in [-0.4, -0.2) is 20.9 Å². The van der Waals surface area contributed by atoms with Gasteiger partial charge in [0.05, 0.1) is 6.10 Å². The van der Waals surface area contributed by atoms with E-state index in [4.69, 9.17) is 17.0 Å². The van der Waals surface area contributed by atoms with Crippen LogP contribution in [0.1, 0.15) is 27.7 Å². The van der Waals surface area contributed by atoms with Crippen LogP contribution in [0, 0.1) is 10.7 Å². The van der Waals surface area contributed by atoms with Crippen LogP contribution in [0.3, 0.4) is 0 Å². The zero-order chi connectivity index (χ0) is 14.7. The summed E-state index contributed by atoms with van der Waals surface area (Å²) in [7, 11) is 0. The summed E-state index contributed by atoms with van der Waals surface area (Å²) in [4.78, 5) is 0. The molecule has 20 heavy (non-hydrogen) atoms. The molecule has 0 aliphatic heterocycles. The Morgan fingerprint density at radius 2 is 2.05 bits per heavy atom. The van der Waals surface area contributed by atoms with E-state index in [9.17, 15) is 0 Å². The second kappa shape index (κ2) is 6.22. The monoisotopic (exact) mass is 291 g/mol. The van der Waals surface area contributed by atoms with Gasteiger partial charge in [-0.2, -0.15) is 5.10 Å². The fourth-order valence-electron chi connectivity index (χ4n) is 2.05. The van der Waals surface area contributed by atoms with Crippen LogP contribution in [0.25, 0.3) is 11.4 Å². The number of nitrogens with one attached hydrogen (secondary N) is 1. The van der Waals surface area contributed by atoms with E-state index in [1.165, 1.54) is 0 Å². The molecular weight excluding hydrogens is 270 g/mol. The minimum absolute atomic E-state index is 0.154. The lowest BCUT2D eigenvalue weighted by molar-refractivity contribution is 0.242. The molecule has 1 heterocycles. The fourth-order valence-corrected chi connectivity index (χ4v) is 2.26. The van der Waals surface area contributed by atoms with Crippen LogP contribution in [0.2, 0.25) is 0 Å². The lowest BCUT2D eigenvalue weighted by atomic mass is 10.2. The molecule has 0 saturated heterocycles. The normalized spacial score (nSPS) is 11.3. The van der Waals surface area contributed by atoms with Crippen LogP contribution < -0.4 is 4.74 Å². The summed E-state index contributed by atoms with van der Waals surface area (Å²) in [5.74, 6) is 2.22. The smallest absolute Gasteiger partial charge is 0.195 e. The molecule has 0 aliphatic rings. The Morgan fingerprint density at radius 3 is 2.70 bits per heavy atom. The molecule has 0 saturated carbocycles. The van der Waals surface area contributed by atoms with Crippen LogP contribution in [0.4, 0.5) is 0 Å². The molecule has 0 amide bonds. The van der Waals surface area contributed by atoms with Gasteiger partial charge >= 0.3 is 0 Å². The number of rotatable bonds is 5. The first-order chi connectivity index (χ1) is 9.47. The van der Waals surface area contributed by atoms with E-state index in [2.05, 4.69) is 24.0 Å². The van der Waals surface area contributed by atoms with Crippen molar-refractivity contribution in [1.82, 2.24) is 14.8 Å². The number of benzene rings is 1. The fraction of sp³-hybridized carbons (Fsp3) is 0.467. The maximum atomic E-state index is 5.73. The van der Waals surface area contributed by atoms with Gasteiger partial charge in [-0.15, -0.1) is 0 Å². The van der Waals surface area contributed by atoms with Crippen molar-refractivity contribution in [3.8, 4) is 17.1 Å². The molecule has 0 aliphatic carbocycles. The van der Waals surface area contributed by atoms with Gasteiger partial charge in [0, 0.05) is 12.1 Å². The molecule has 5 heteroatoms. The average Bonchev–Trinajstić information content (AvgIpc) is 2.70. The summed E-state index contributed by atoms with van der Waals surface area (Å²) in [6.45, 7) is 9.21. The second-order valence-electron chi connectivity index (χ2n) is 5.55. The van der Waals surface area contributed by atoms with Crippen LogP contribution in [0.15, 0.2) is 24.3 Å². The Morgan fingerprint density at radius 1 is 1.30 bits per heavy atom. The van der Waals surface area contributed by atoms with Gasteiger partial charge in [0.25, 0.3) is 0 Å². The van der Waals surface area contributed by atoms with E-state index in [1.807, 2.05) is 42.7 Å². The summed E-state index contributed by atoms with van der Waals surface area (Å²) in [6.07, 6.45) is 0.154. The molecule has 108 valence electrons. The largest absolute Gasteiger partial charge is 0.491 e. The Hall–Kier alpha value is -1.62. The number of aromatic nitrogens is 3. The molecule has 0 unspecified atom stereocenters. The lowest BCUT2D eigenvalue weighted by Gasteiger charge is -2.12. The van der Waals surface area contributed by atoms with Crippen molar-refractivity contribution >= 4 is 12.2 Å². The van der Waals surface area contributed by atoms with Crippen molar-refractivity contribution in [2.24, 2.45) is 5.92 Å². The van der Waals surface area contributed by atoms with Crippen molar-refractivity contribution in [2.45, 2.75) is 40.3 Å². The molecular formula is C15H21N3OS. The zero-order valence-corrected chi connectivity index (χ0v) is 13.2. The molecule has 0 fully saturated rings. The number of nitrogens with zero attached hydrogens (tertiary/aromatic N) is 2. The molecule has 0 radical (unpaired) electrons. The van der Waals surface area contributed by atoms with E-state index >= 15 is 0 Å². The zero-order valence-electron chi connectivity index (χ0n) is 12.4. The van der Waals surface area contributed by atoms with Crippen LogP contribution in [-0.2, 0) is 6.54 Å². The van der Waals surface area contributed by atoms with Crippen LogP contribution >= 0.6 is 12.2 Å². The Balaban J connectivity index is 2.39. The summed E-state index contributed by atoms with van der Waals surface area (Å²) >= 11 is 5.31. The molecule has 1 aromatic carbocycles. The third-order valence-electron chi connectivity index (χ3n) is 2.77. The van der Waals surface area contributed by atoms with Gasteiger partial charge in [-0.25, -0.2) is 0 Å². The van der Waals surface area contributed by atoms with Gasteiger partial charge in [0.15, 0.2) is 10.6 Å². The van der Waals surface area contributed by atoms with Crippen molar-refractivity contribution in [1.29, 1.82) is 0 Å². The van der Waals surface area contributed by atoms with E-state index in [1.54, 1.807) is 0 Å². The maximum absolute atomic E-state index is 5.73. The van der Waals surface area contributed by atoms with Crippen molar-refractivity contribution < 1.29 is 4.74 Å². The quantitative estimate of drug-likeness (QED) is 0.845. The number of hydrogen-bond donors (Lipinski definition) is 1. The number of H-pyrrole nitrogens is 1. The predicted octanol–water partition coefficient (Wildman–Crippen LogP) is 4.05. The topological polar surface area (TPSA) is 42.8 Å². The summed E-state index contributed by atoms with van der Waals surface area (Å²) in [5, 5.41) is 7.23. The van der Waals surface area contributed by atoms with E-state index in [-0.39, 0.29) is 6.10 Å². The minimum Gasteiger partial charge on any atom is -0.491 e. The highest BCUT2D eigenvalue weighted by atomic mass is 32.1. The van der Waals surface area contributed by atoms with Gasteiger partial charge in [-0.1, -0.05) is 26.0 Å². The van der Waals surface area contributed by atoms with E-state index in [0.717, 1.165) is 23.7 Å². The van der Waals surface area contributed by atoms with Crippen molar-refractivity contribution in [2.75, 3.05) is 0 Å². The molecule has 2 rings (SSSR count). The maximum Gasteiger partial charge on any atom is 0.195 e. The third kappa shape index (κ3) is 3.48. The first-order valence-corrected chi connectivity index (χ1v) is 7.30. The van der Waals surface area contributed by atoms with Gasteiger partial charge in [0.1, 0.15) is 5.75 Å². The SMILES string of the molecule is CC(C)Cn1c(-c2cccc(OC(C)C)c2)n[nH]c1=S. The summed E-state index contributed by atoms with van der Waals surface area (Å²) < 4.78 is 8.42. The first kappa shape index (κ1) is 14.8. The summed E-state index contributed by atoms with van der Waals surface area (Å²) in [6, 6.07) is 7.96. The van der Waals surface area contributed by atoms with Crippen molar-refractivity contribution in [3.05, 3.63) is 29.0 Å². The molecule has 0 spiro atoms. The lowest BCUT2D eigenvalue weighted by Crippen LogP contribution is -2.07. The number of hydrogen-bond acceptors (Lipinski definition) is 3. The van der Waals surface area contributed by atoms with Gasteiger partial charge < -0.3 is 4.74 Å². The van der Waals surface area contributed by atoms with Gasteiger partial charge in [-0.3, -0.25) is 9.67 Å². The van der Waals surface area contributed by atoms with Gasteiger partial charge in [-0.05, 0) is 44.1 Å². The standard InChI is InChI=1S/C15H21N3OS/c1-10(2)9-18-14(16-17-15(18)20)12-6-5-7-13(8-12)19-11(3)4/h5-8,10-11H,9H2,1-4H3,(H,17,20). The average molecular weight is 291 g/mol. The highest BCUT2D eigenvalue weighted by molar-refractivity contribution is 7.71. The van der Waals surface area contributed by atoms with Gasteiger partial charge in [0.2, 0.25) is 0 Å². The third-order valence-corrected chi connectivity index (χ3v) is 3.08. The predicted molar refractivity (Wildman–Crippen MR) is 83.4 cm³/mol. The molecule has 4 nitrogen and oxygen atoms in total. The Bertz CT molecular complexity index is 628. The first-order valence-electron chi connectivity index (χ1n) is 6.89. The Kier molecular flexibility index (Phi) is 4.60. The number of ether oxygens (including phenoxy) is 1. The molecule has 0 atom stereocenters. The van der Waals surface area contributed by atoms with E-state index in [0.29, 0.717) is 10.7 Å². The van der Waals surface area contributed by atoms with E-state index < -0.39 is 0 Å². The van der Waals surface area contributed by atoms with Crippen LogP contribution in [0.5, 0.6) is 5.75 Å². The van der Waals surface area contributed by atoms with Crippen molar-refractivity contribution in [3.63, 3.8) is 0 Å². The molecule has 0 bridgehead atoms. The highest BCUT2D eigenvalue weighted by Gasteiger charge is 2.11. The minimum atomic E-state index is 0.154. The second-order valence-corrected chi connectivity index (χ2v) is 5.94. The Labute approximate surface area is 124 Å². The summed E-state index contributed by atoms with van der Waals surface area (Å²) in [5.41, 5.74) is 1.01. The molecule has 2 aromatic rings. The molecule has 1 N–H and O–H groups in total. The number of aromatic amines is 1. The molecule has 1 aromatic heterocycles. The highest BCUT2D eigenvalue weighted by Crippen LogP contribution is 2.23.